The highest BCUT2D eigenvalue weighted by Crippen LogP contribution is 2.42. The van der Waals surface area contributed by atoms with Crippen molar-refractivity contribution in [2.75, 3.05) is 6.54 Å². The number of nitrogens with zero attached hydrogens (tertiary/aromatic N) is 1. The van der Waals surface area contributed by atoms with Gasteiger partial charge in [-0.1, -0.05) is 36.4 Å². The molecule has 2 aromatic carbocycles. The Morgan fingerprint density at radius 2 is 1.73 bits per heavy atom. The first kappa shape index (κ1) is 33.0. The molecule has 0 radical (unpaired) electrons. The van der Waals surface area contributed by atoms with Crippen molar-refractivity contribution in [1.82, 2.24) is 20.6 Å². The molecular formula is C29H30F8N4O3. The van der Waals surface area contributed by atoms with Crippen LogP contribution in [0, 0.1) is 11.7 Å². The van der Waals surface area contributed by atoms with Crippen LogP contribution in [0.25, 0.3) is 11.0 Å². The summed E-state index contributed by atoms with van der Waals surface area (Å²) in [7, 11) is 0. The standard InChI is InChI=1S/C29H30F8N4O3/c1-27(31,32)15-38-25(42)19(13-29(35,36)37)18-7-8-20-23(21(18)30)40-24(39-20)22(17-9-11-28(33,34)12-10-17)41-26(43)44-14-16-5-3-2-4-6-16/h2-8,17,19,22H,9-15H2,1H3,(H,38,42)(H,39,40)(H,41,43). The minimum absolute atomic E-state index is 0.0156. The molecule has 0 bridgehead atoms. The summed E-state index contributed by atoms with van der Waals surface area (Å²) >= 11 is 0. The van der Waals surface area contributed by atoms with Crippen molar-refractivity contribution < 1.29 is 49.4 Å². The maximum atomic E-state index is 15.7. The lowest BCUT2D eigenvalue weighted by Crippen LogP contribution is -2.39. The van der Waals surface area contributed by atoms with E-state index in [-0.39, 0.29) is 30.8 Å². The first-order valence-corrected chi connectivity index (χ1v) is 13.8. The summed E-state index contributed by atoms with van der Waals surface area (Å²) in [5.74, 6) is -11.9. The average Bonchev–Trinajstić information content (AvgIpc) is 3.38. The van der Waals surface area contributed by atoms with Crippen molar-refractivity contribution in [3.63, 3.8) is 0 Å². The summed E-state index contributed by atoms with van der Waals surface area (Å²) in [5.41, 5.74) is -0.550. The van der Waals surface area contributed by atoms with Gasteiger partial charge in [-0.2, -0.15) is 13.2 Å². The van der Waals surface area contributed by atoms with Gasteiger partial charge in [0.25, 0.3) is 5.92 Å². The number of alkyl halides is 7. The topological polar surface area (TPSA) is 96.1 Å². The first-order chi connectivity index (χ1) is 20.5. The summed E-state index contributed by atoms with van der Waals surface area (Å²) in [6.45, 7) is -0.906. The molecular weight excluding hydrogens is 604 g/mol. The highest BCUT2D eigenvalue weighted by atomic mass is 19.4. The van der Waals surface area contributed by atoms with Gasteiger partial charge in [-0.3, -0.25) is 4.79 Å². The van der Waals surface area contributed by atoms with Crippen LogP contribution in [0.5, 0.6) is 0 Å². The SMILES string of the molecule is CC(F)(F)CNC(=O)C(CC(F)(F)F)c1ccc2[nH]c(C(NC(=O)OCc3ccccc3)C3CCC(F)(F)CC3)nc2c1F. The number of aromatic amines is 1. The third-order valence-corrected chi connectivity index (χ3v) is 7.36. The maximum Gasteiger partial charge on any atom is 0.408 e. The van der Waals surface area contributed by atoms with Gasteiger partial charge in [0.2, 0.25) is 11.8 Å². The van der Waals surface area contributed by atoms with Crippen LogP contribution < -0.4 is 10.6 Å². The summed E-state index contributed by atoms with van der Waals surface area (Å²) in [6.07, 6.45) is -8.70. The van der Waals surface area contributed by atoms with E-state index in [4.69, 9.17) is 4.74 Å². The molecule has 1 aliphatic carbocycles. The van der Waals surface area contributed by atoms with Crippen LogP contribution in [0.2, 0.25) is 0 Å². The number of rotatable bonds is 10. The smallest absolute Gasteiger partial charge is 0.408 e. The zero-order valence-corrected chi connectivity index (χ0v) is 23.4. The molecule has 0 spiro atoms. The van der Waals surface area contributed by atoms with Crippen molar-refractivity contribution in [3.8, 4) is 0 Å². The summed E-state index contributed by atoms with van der Waals surface area (Å²) < 4.78 is 115. The van der Waals surface area contributed by atoms with E-state index in [0.717, 1.165) is 12.1 Å². The minimum Gasteiger partial charge on any atom is -0.445 e. The third kappa shape index (κ3) is 8.82. The fourth-order valence-corrected chi connectivity index (χ4v) is 5.13. The van der Waals surface area contributed by atoms with Gasteiger partial charge in [-0.05, 0) is 30.4 Å². The predicted molar refractivity (Wildman–Crippen MR) is 143 cm³/mol. The van der Waals surface area contributed by atoms with Crippen LogP contribution in [0.3, 0.4) is 0 Å². The lowest BCUT2D eigenvalue weighted by Gasteiger charge is -2.33. The van der Waals surface area contributed by atoms with E-state index in [9.17, 15) is 40.3 Å². The molecule has 7 nitrogen and oxygen atoms in total. The third-order valence-electron chi connectivity index (χ3n) is 7.36. The van der Waals surface area contributed by atoms with E-state index >= 15 is 4.39 Å². The van der Waals surface area contributed by atoms with E-state index in [0.29, 0.717) is 12.5 Å². The Balaban J connectivity index is 1.64. The summed E-state index contributed by atoms with van der Waals surface area (Å²) in [5, 5.41) is 4.32. The fourth-order valence-electron chi connectivity index (χ4n) is 5.13. The molecule has 15 heteroatoms. The number of halogens is 8. The number of fused-ring (bicyclic) bond motifs is 1. The minimum atomic E-state index is -4.95. The molecule has 3 aromatic rings. The monoisotopic (exact) mass is 634 g/mol. The number of ether oxygens (including phenoxy) is 1. The van der Waals surface area contributed by atoms with Gasteiger partial charge in [-0.15, -0.1) is 0 Å². The number of benzene rings is 2. The van der Waals surface area contributed by atoms with E-state index in [1.165, 1.54) is 0 Å². The van der Waals surface area contributed by atoms with Gasteiger partial charge in [-0.25, -0.2) is 31.7 Å². The molecule has 2 atom stereocenters. The lowest BCUT2D eigenvalue weighted by molar-refractivity contribution is -0.148. The molecule has 4 rings (SSSR count). The van der Waals surface area contributed by atoms with Gasteiger partial charge in [0, 0.05) is 25.3 Å². The second-order valence-corrected chi connectivity index (χ2v) is 11.0. The normalized spacial score (nSPS) is 17.2. The number of amides is 2. The van der Waals surface area contributed by atoms with Crippen molar-refractivity contribution >= 4 is 23.0 Å². The predicted octanol–water partition coefficient (Wildman–Crippen LogP) is 7.30. The first-order valence-electron chi connectivity index (χ1n) is 13.8. The zero-order chi connectivity index (χ0) is 32.3. The number of imidazole rings is 1. The Kier molecular flexibility index (Phi) is 9.74. The fraction of sp³-hybridized carbons (Fsp3) is 0.483. The van der Waals surface area contributed by atoms with Crippen molar-refractivity contribution in [2.24, 2.45) is 5.92 Å². The largest absolute Gasteiger partial charge is 0.445 e. The Labute approximate surface area is 246 Å². The molecule has 1 fully saturated rings. The van der Waals surface area contributed by atoms with E-state index in [1.807, 2.05) is 0 Å². The highest BCUT2D eigenvalue weighted by molar-refractivity contribution is 5.86. The van der Waals surface area contributed by atoms with Crippen LogP contribution in [-0.2, 0) is 16.1 Å². The molecule has 0 saturated heterocycles. The van der Waals surface area contributed by atoms with Crippen molar-refractivity contribution in [2.45, 2.75) is 75.6 Å². The second kappa shape index (κ2) is 13.0. The number of aromatic nitrogens is 2. The number of hydrogen-bond donors (Lipinski definition) is 3. The number of hydrogen-bond acceptors (Lipinski definition) is 4. The van der Waals surface area contributed by atoms with Crippen LogP contribution in [-0.4, -0.2) is 46.5 Å². The molecule has 2 amide bonds. The molecule has 1 aromatic heterocycles. The maximum absolute atomic E-state index is 15.7. The molecule has 240 valence electrons. The van der Waals surface area contributed by atoms with Crippen molar-refractivity contribution in [3.05, 3.63) is 65.2 Å². The molecule has 0 aliphatic heterocycles. The van der Waals surface area contributed by atoms with Crippen LogP contribution >= 0.6 is 0 Å². The molecule has 1 aliphatic rings. The number of carbonyl (C=O) groups excluding carboxylic acids is 2. The lowest BCUT2D eigenvalue weighted by atomic mass is 9.82. The Hall–Kier alpha value is -3.91. The van der Waals surface area contributed by atoms with Crippen LogP contribution in [0.4, 0.5) is 39.9 Å². The number of H-pyrrole nitrogens is 1. The zero-order valence-electron chi connectivity index (χ0n) is 23.4. The van der Waals surface area contributed by atoms with Gasteiger partial charge in [0.1, 0.15) is 17.9 Å². The molecule has 1 saturated carbocycles. The number of nitrogens with one attached hydrogen (secondary N) is 3. The molecule has 1 heterocycles. The van der Waals surface area contributed by atoms with Crippen LogP contribution in [0.15, 0.2) is 42.5 Å². The van der Waals surface area contributed by atoms with Crippen LogP contribution in [0.1, 0.15) is 67.9 Å². The average molecular weight is 635 g/mol. The molecule has 44 heavy (non-hydrogen) atoms. The number of alkyl carbamates (subject to hydrolysis) is 1. The Morgan fingerprint density at radius 1 is 1.07 bits per heavy atom. The van der Waals surface area contributed by atoms with Gasteiger partial charge >= 0.3 is 12.3 Å². The van der Waals surface area contributed by atoms with E-state index in [2.05, 4.69) is 15.3 Å². The number of carbonyl (C=O) groups is 2. The van der Waals surface area contributed by atoms with Gasteiger partial charge < -0.3 is 20.4 Å². The molecule has 2 unspecified atom stereocenters. The quantitative estimate of drug-likeness (QED) is 0.204. The molecule has 3 N–H and O–H groups in total. The Morgan fingerprint density at radius 3 is 2.34 bits per heavy atom. The second-order valence-electron chi connectivity index (χ2n) is 11.0. The summed E-state index contributed by atoms with van der Waals surface area (Å²) in [4.78, 5) is 32.2. The summed E-state index contributed by atoms with van der Waals surface area (Å²) in [6, 6.07) is 9.69. The van der Waals surface area contributed by atoms with E-state index < -0.39 is 90.6 Å². The van der Waals surface area contributed by atoms with E-state index in [1.54, 1.807) is 35.6 Å². The highest BCUT2D eigenvalue weighted by Gasteiger charge is 2.41. The van der Waals surface area contributed by atoms with Gasteiger partial charge in [0.15, 0.2) is 5.82 Å². The van der Waals surface area contributed by atoms with Gasteiger partial charge in [0.05, 0.1) is 30.4 Å². The van der Waals surface area contributed by atoms with Crippen molar-refractivity contribution in [1.29, 1.82) is 0 Å². The Bertz CT molecular complexity index is 1450.